The first-order chi connectivity index (χ1) is 13.6. The van der Waals surface area contributed by atoms with E-state index in [0.717, 1.165) is 33.2 Å². The molecule has 1 aliphatic heterocycles. The van der Waals surface area contributed by atoms with Gasteiger partial charge in [-0.2, -0.15) is 5.10 Å². The molecule has 0 saturated carbocycles. The highest BCUT2D eigenvalue weighted by Gasteiger charge is 2.30. The van der Waals surface area contributed by atoms with Crippen LogP contribution in [0.25, 0.3) is 27.6 Å². The molecule has 1 aliphatic rings. The van der Waals surface area contributed by atoms with Crippen LogP contribution in [0.5, 0.6) is 0 Å². The first-order valence-corrected chi connectivity index (χ1v) is 8.89. The zero-order valence-corrected chi connectivity index (χ0v) is 15.3. The molecular formula is C21H17N5O2. The third-order valence-electron chi connectivity index (χ3n) is 5.15. The van der Waals surface area contributed by atoms with Crippen LogP contribution < -0.4 is 0 Å². The molecule has 2 aromatic carbocycles. The highest BCUT2D eigenvalue weighted by molar-refractivity contribution is 6.01. The van der Waals surface area contributed by atoms with Gasteiger partial charge in [0.15, 0.2) is 0 Å². The van der Waals surface area contributed by atoms with E-state index in [-0.39, 0.29) is 5.91 Å². The van der Waals surface area contributed by atoms with Crippen LogP contribution in [0.3, 0.4) is 0 Å². The molecule has 0 spiro atoms. The van der Waals surface area contributed by atoms with Crippen molar-refractivity contribution in [1.82, 2.24) is 24.9 Å². The van der Waals surface area contributed by atoms with E-state index in [4.69, 9.17) is 4.42 Å². The molecule has 0 N–H and O–H groups in total. The van der Waals surface area contributed by atoms with Crippen LogP contribution in [-0.4, -0.2) is 37.3 Å². The third-order valence-corrected chi connectivity index (χ3v) is 5.15. The lowest BCUT2D eigenvalue weighted by Crippen LogP contribution is -2.25. The van der Waals surface area contributed by atoms with Crippen molar-refractivity contribution in [2.24, 2.45) is 7.05 Å². The lowest BCUT2D eigenvalue weighted by atomic mass is 9.96. The average molecular weight is 371 g/mol. The summed E-state index contributed by atoms with van der Waals surface area (Å²) in [5, 5.41) is 12.9. The van der Waals surface area contributed by atoms with Gasteiger partial charge in [-0.15, -0.1) is 10.2 Å². The molecule has 28 heavy (non-hydrogen) atoms. The van der Waals surface area contributed by atoms with Crippen molar-refractivity contribution in [3.8, 4) is 11.1 Å². The molecule has 5 rings (SSSR count). The van der Waals surface area contributed by atoms with Gasteiger partial charge in [-0.25, -0.2) is 0 Å². The summed E-state index contributed by atoms with van der Waals surface area (Å²) in [4.78, 5) is 14.7. The molecule has 0 unspecified atom stereocenters. The van der Waals surface area contributed by atoms with E-state index in [9.17, 15) is 4.79 Å². The lowest BCUT2D eigenvalue weighted by Gasteiger charge is -2.15. The van der Waals surface area contributed by atoms with Gasteiger partial charge < -0.3 is 9.32 Å². The van der Waals surface area contributed by atoms with Crippen LogP contribution in [0.15, 0.2) is 60.0 Å². The van der Waals surface area contributed by atoms with Crippen LogP contribution in [0, 0.1) is 0 Å². The molecule has 0 saturated heterocycles. The number of amides is 1. The van der Waals surface area contributed by atoms with Crippen molar-refractivity contribution < 1.29 is 9.21 Å². The molecule has 0 atom stereocenters. The van der Waals surface area contributed by atoms with E-state index in [2.05, 4.69) is 46.1 Å². The first-order valence-electron chi connectivity index (χ1n) is 8.89. The van der Waals surface area contributed by atoms with Gasteiger partial charge in [-0.05, 0) is 28.8 Å². The van der Waals surface area contributed by atoms with Gasteiger partial charge in [0, 0.05) is 30.1 Å². The highest BCUT2D eigenvalue weighted by atomic mass is 16.4. The number of nitrogens with zero attached hydrogens (tertiary/aromatic N) is 5. The van der Waals surface area contributed by atoms with Crippen LogP contribution in [0.4, 0.5) is 0 Å². The largest absolute Gasteiger partial charge is 0.424 e. The van der Waals surface area contributed by atoms with Crippen LogP contribution in [0.1, 0.15) is 21.8 Å². The van der Waals surface area contributed by atoms with Crippen LogP contribution in [-0.2, 0) is 13.6 Å². The molecule has 4 aromatic rings. The maximum Gasteiger partial charge on any atom is 0.254 e. The molecule has 0 aliphatic carbocycles. The lowest BCUT2D eigenvalue weighted by molar-refractivity contribution is 0.0798. The maximum atomic E-state index is 12.9. The normalized spacial score (nSPS) is 13.3. The molecule has 7 heteroatoms. The molecule has 138 valence electrons. The number of fused-ring (bicyclic) bond motifs is 2. The number of rotatable bonds is 4. The fraction of sp³-hybridized carbons (Fsp3) is 0.143. The van der Waals surface area contributed by atoms with E-state index >= 15 is 0 Å². The van der Waals surface area contributed by atoms with Crippen LogP contribution in [0.2, 0.25) is 0 Å². The average Bonchev–Trinajstić information content (AvgIpc) is 3.43. The Morgan fingerprint density at radius 3 is 2.93 bits per heavy atom. The molecule has 7 nitrogen and oxygen atoms in total. The molecular weight excluding hydrogens is 354 g/mol. The Kier molecular flexibility index (Phi) is 3.61. The molecule has 0 fully saturated rings. The van der Waals surface area contributed by atoms with Gasteiger partial charge in [0.05, 0.1) is 18.3 Å². The summed E-state index contributed by atoms with van der Waals surface area (Å²) in [7, 11) is 1.93. The van der Waals surface area contributed by atoms with Gasteiger partial charge in [0.25, 0.3) is 5.91 Å². The van der Waals surface area contributed by atoms with E-state index < -0.39 is 0 Å². The zero-order chi connectivity index (χ0) is 19.3. The van der Waals surface area contributed by atoms with Crippen molar-refractivity contribution in [3.63, 3.8) is 0 Å². The molecule has 3 heterocycles. The molecule has 2 aromatic heterocycles. The van der Waals surface area contributed by atoms with Gasteiger partial charge >= 0.3 is 0 Å². The zero-order valence-electron chi connectivity index (χ0n) is 15.3. The third kappa shape index (κ3) is 2.51. The van der Waals surface area contributed by atoms with Gasteiger partial charge in [-0.3, -0.25) is 9.48 Å². The van der Waals surface area contributed by atoms with Crippen molar-refractivity contribution in [2.45, 2.75) is 6.54 Å². The summed E-state index contributed by atoms with van der Waals surface area (Å²) in [6.07, 6.45) is 3.11. The van der Waals surface area contributed by atoms with E-state index in [1.165, 1.54) is 6.39 Å². The Morgan fingerprint density at radius 1 is 1.25 bits per heavy atom. The predicted octanol–water partition coefficient (Wildman–Crippen LogP) is 3.29. The summed E-state index contributed by atoms with van der Waals surface area (Å²) in [5.74, 6) is 0.338. The van der Waals surface area contributed by atoms with Crippen molar-refractivity contribution >= 4 is 22.4 Å². The predicted molar refractivity (Wildman–Crippen MR) is 104 cm³/mol. The Morgan fingerprint density at radius 2 is 2.11 bits per heavy atom. The fourth-order valence-corrected chi connectivity index (χ4v) is 3.73. The summed E-state index contributed by atoms with van der Waals surface area (Å²) in [5.41, 5.74) is 5.55. The first kappa shape index (κ1) is 16.4. The van der Waals surface area contributed by atoms with Crippen molar-refractivity contribution in [3.05, 3.63) is 72.6 Å². The fourth-order valence-electron chi connectivity index (χ4n) is 3.73. The van der Waals surface area contributed by atoms with E-state index in [1.54, 1.807) is 4.90 Å². The Balaban J connectivity index is 1.50. The topological polar surface area (TPSA) is 77.1 Å². The van der Waals surface area contributed by atoms with Crippen LogP contribution >= 0.6 is 0 Å². The number of aromatic nitrogens is 4. The number of aryl methyl sites for hydroxylation is 1. The monoisotopic (exact) mass is 371 g/mol. The SMILES string of the molecule is C=C(CN1Cc2c(cccc2-c2ccc3cnn(C)c3c2)C1=O)c1nnco1. The van der Waals surface area contributed by atoms with Gasteiger partial charge in [0.2, 0.25) is 12.3 Å². The Labute approximate surface area is 160 Å². The summed E-state index contributed by atoms with van der Waals surface area (Å²) in [6.45, 7) is 4.83. The summed E-state index contributed by atoms with van der Waals surface area (Å²) < 4.78 is 7.04. The smallest absolute Gasteiger partial charge is 0.254 e. The minimum atomic E-state index is -0.0147. The number of hydrogen-bond acceptors (Lipinski definition) is 5. The second-order valence-corrected chi connectivity index (χ2v) is 6.88. The number of carbonyl (C=O) groups is 1. The standard InChI is InChI=1S/C21H17N5O2/c1-13(20-24-22-12-28-20)10-26-11-18-16(4-3-5-17(18)21(26)27)14-6-7-15-9-23-25(2)19(15)8-14/h3-9,12H,1,10-11H2,2H3. The second kappa shape index (κ2) is 6.16. The maximum absolute atomic E-state index is 12.9. The molecule has 1 amide bonds. The molecule has 0 radical (unpaired) electrons. The second-order valence-electron chi connectivity index (χ2n) is 6.88. The summed E-state index contributed by atoms with van der Waals surface area (Å²) in [6, 6.07) is 12.1. The summed E-state index contributed by atoms with van der Waals surface area (Å²) >= 11 is 0. The van der Waals surface area contributed by atoms with Crippen molar-refractivity contribution in [2.75, 3.05) is 6.54 Å². The number of hydrogen-bond donors (Lipinski definition) is 0. The van der Waals surface area contributed by atoms with Gasteiger partial charge in [0.1, 0.15) is 0 Å². The minimum Gasteiger partial charge on any atom is -0.424 e. The minimum absolute atomic E-state index is 0.0147. The highest BCUT2D eigenvalue weighted by Crippen LogP contribution is 2.34. The van der Waals surface area contributed by atoms with E-state index in [0.29, 0.717) is 24.6 Å². The van der Waals surface area contributed by atoms with Gasteiger partial charge in [-0.1, -0.05) is 30.8 Å². The Hall–Kier alpha value is -3.74. The molecule has 0 bridgehead atoms. The quantitative estimate of drug-likeness (QED) is 0.550. The number of benzene rings is 2. The Bertz CT molecular complexity index is 1220. The number of carbonyl (C=O) groups excluding carboxylic acids is 1. The van der Waals surface area contributed by atoms with E-state index in [1.807, 2.05) is 30.1 Å². The van der Waals surface area contributed by atoms with Crippen molar-refractivity contribution in [1.29, 1.82) is 0 Å².